The van der Waals surface area contributed by atoms with Gasteiger partial charge in [-0.05, 0) is 60.5 Å². The van der Waals surface area contributed by atoms with Crippen molar-refractivity contribution in [1.82, 2.24) is 19.7 Å². The number of nitrogens with zero attached hydrogens (tertiary/aromatic N) is 5. The van der Waals surface area contributed by atoms with Crippen LogP contribution in [-0.2, 0) is 16.9 Å². The number of sulfone groups is 1. The number of hydrogen-bond acceptors (Lipinski definition) is 8. The highest BCUT2D eigenvalue weighted by Crippen LogP contribution is 2.43. The lowest BCUT2D eigenvalue weighted by Gasteiger charge is -2.27. The minimum Gasteiger partial charge on any atom is -0.504 e. The molecule has 2 aromatic heterocycles. The van der Waals surface area contributed by atoms with E-state index in [9.17, 15) is 28.4 Å². The van der Waals surface area contributed by atoms with E-state index in [1.165, 1.54) is 21.7 Å². The zero-order chi connectivity index (χ0) is 32.5. The van der Waals surface area contributed by atoms with Gasteiger partial charge >= 0.3 is 0 Å². The number of aromatic nitrogens is 3. The summed E-state index contributed by atoms with van der Waals surface area (Å²) in [7, 11) is 0.411. The van der Waals surface area contributed by atoms with Crippen molar-refractivity contribution >= 4 is 27.1 Å². The van der Waals surface area contributed by atoms with Gasteiger partial charge in [0.15, 0.2) is 10.6 Å². The summed E-state index contributed by atoms with van der Waals surface area (Å²) in [5, 5.41) is 25.5. The van der Waals surface area contributed by atoms with E-state index in [1.54, 1.807) is 106 Å². The minimum atomic E-state index is -4.57. The molecule has 12 heteroatoms. The Labute approximate surface area is 260 Å². The maximum atomic E-state index is 14.0. The molecule has 45 heavy (non-hydrogen) atoms. The van der Waals surface area contributed by atoms with Gasteiger partial charge in [0.05, 0.1) is 22.2 Å². The summed E-state index contributed by atoms with van der Waals surface area (Å²) in [4.78, 5) is 30.9. The van der Waals surface area contributed by atoms with Gasteiger partial charge < -0.3 is 19.9 Å². The van der Waals surface area contributed by atoms with Crippen molar-refractivity contribution in [3.8, 4) is 34.3 Å². The van der Waals surface area contributed by atoms with Crippen LogP contribution in [0.15, 0.2) is 99.6 Å². The topological polar surface area (TPSA) is 152 Å². The van der Waals surface area contributed by atoms with E-state index < -0.39 is 26.0 Å². The maximum Gasteiger partial charge on any atom is 0.271 e. The number of nitrogens with one attached hydrogen (secondary N) is 1. The molecule has 0 unspecified atom stereocenters. The van der Waals surface area contributed by atoms with Crippen LogP contribution in [0, 0.1) is 11.3 Å². The summed E-state index contributed by atoms with van der Waals surface area (Å²) in [6.45, 7) is 2.03. The monoisotopic (exact) mass is 622 g/mol. The Bertz CT molecular complexity index is 2130. The second kappa shape index (κ2) is 12.1. The third kappa shape index (κ3) is 5.69. The van der Waals surface area contributed by atoms with E-state index >= 15 is 0 Å². The van der Waals surface area contributed by atoms with Crippen LogP contribution >= 0.6 is 0 Å². The van der Waals surface area contributed by atoms with Crippen LogP contribution in [0.25, 0.3) is 22.5 Å². The minimum absolute atomic E-state index is 0.0113. The van der Waals surface area contributed by atoms with Gasteiger partial charge in [-0.2, -0.15) is 10.4 Å². The number of pyridine rings is 1. The fourth-order valence-corrected chi connectivity index (χ4v) is 6.49. The molecule has 0 saturated heterocycles. The molecule has 0 bridgehead atoms. The summed E-state index contributed by atoms with van der Waals surface area (Å²) in [6, 6.07) is 23.1. The van der Waals surface area contributed by atoms with Crippen LogP contribution in [0.3, 0.4) is 0 Å². The van der Waals surface area contributed by atoms with Crippen molar-refractivity contribution in [2.45, 2.75) is 16.7 Å². The number of benzene rings is 3. The van der Waals surface area contributed by atoms with Gasteiger partial charge in [0.25, 0.3) is 11.5 Å². The second-order valence-electron chi connectivity index (χ2n) is 10.4. The van der Waals surface area contributed by atoms with Gasteiger partial charge in [-0.1, -0.05) is 36.4 Å². The van der Waals surface area contributed by atoms with Gasteiger partial charge in [-0.3, -0.25) is 14.3 Å². The normalized spacial score (nSPS) is 11.2. The number of H-pyrrole nitrogens is 1. The van der Waals surface area contributed by atoms with E-state index in [0.717, 1.165) is 0 Å². The first-order valence-electron chi connectivity index (χ1n) is 13.9. The van der Waals surface area contributed by atoms with Crippen molar-refractivity contribution < 1.29 is 18.3 Å². The largest absolute Gasteiger partial charge is 0.504 e. The van der Waals surface area contributed by atoms with E-state index in [0.29, 0.717) is 33.6 Å². The van der Waals surface area contributed by atoms with Crippen LogP contribution in [0.5, 0.6) is 5.75 Å². The molecule has 11 nitrogen and oxygen atoms in total. The van der Waals surface area contributed by atoms with Crippen molar-refractivity contribution in [1.29, 1.82) is 5.26 Å². The predicted molar refractivity (Wildman–Crippen MR) is 170 cm³/mol. The zero-order valence-electron chi connectivity index (χ0n) is 25.0. The number of carbonyl (C=O) groups is 1. The van der Waals surface area contributed by atoms with Crippen LogP contribution in [-0.4, -0.2) is 59.7 Å². The number of aromatic hydroxyl groups is 1. The van der Waals surface area contributed by atoms with Crippen LogP contribution in [0.1, 0.15) is 22.8 Å². The molecule has 0 saturated carbocycles. The maximum absolute atomic E-state index is 14.0. The highest BCUT2D eigenvalue weighted by Gasteiger charge is 2.32. The average Bonchev–Trinajstić information content (AvgIpc) is 3.47. The molecule has 5 rings (SSSR count). The van der Waals surface area contributed by atoms with E-state index in [-0.39, 0.29) is 28.7 Å². The zero-order valence-corrected chi connectivity index (χ0v) is 25.8. The molecule has 2 heterocycles. The highest BCUT2D eigenvalue weighted by molar-refractivity contribution is 7.91. The Balaban J connectivity index is 1.68. The number of anilines is 2. The van der Waals surface area contributed by atoms with Crippen molar-refractivity contribution in [2.24, 2.45) is 7.05 Å². The van der Waals surface area contributed by atoms with Crippen molar-refractivity contribution in [3.05, 3.63) is 107 Å². The van der Waals surface area contributed by atoms with Gasteiger partial charge in [-0.15, -0.1) is 0 Å². The van der Waals surface area contributed by atoms with Gasteiger partial charge in [0.2, 0.25) is 9.84 Å². The quantitative estimate of drug-likeness (QED) is 0.252. The van der Waals surface area contributed by atoms with Gasteiger partial charge in [-0.25, -0.2) is 8.42 Å². The lowest BCUT2D eigenvalue weighted by atomic mass is 9.99. The molecule has 0 atom stereocenters. The van der Waals surface area contributed by atoms with Crippen LogP contribution in [0.4, 0.5) is 11.4 Å². The number of aromatic amines is 1. The molecular formula is C33H30N6O5S. The summed E-state index contributed by atoms with van der Waals surface area (Å²) in [5.41, 5.74) is 1.90. The van der Waals surface area contributed by atoms with Crippen molar-refractivity contribution in [2.75, 3.05) is 25.5 Å². The first-order valence-corrected chi connectivity index (χ1v) is 15.4. The highest BCUT2D eigenvalue weighted by atomic mass is 32.2. The Morgan fingerprint density at radius 2 is 1.76 bits per heavy atom. The molecule has 0 aliphatic rings. The summed E-state index contributed by atoms with van der Waals surface area (Å²) in [6.07, 6.45) is 1.65. The second-order valence-corrected chi connectivity index (χ2v) is 12.3. The molecule has 0 spiro atoms. The summed E-state index contributed by atoms with van der Waals surface area (Å²) < 4.78 is 29.5. The number of aryl methyl sites for hydroxylation is 1. The van der Waals surface area contributed by atoms with Gasteiger partial charge in [0.1, 0.15) is 11.4 Å². The average molecular weight is 623 g/mol. The Morgan fingerprint density at radius 1 is 1.04 bits per heavy atom. The predicted octanol–water partition coefficient (Wildman–Crippen LogP) is 4.71. The lowest BCUT2D eigenvalue weighted by Crippen LogP contribution is -2.24. The molecule has 0 aliphatic carbocycles. The first-order chi connectivity index (χ1) is 21.5. The van der Waals surface area contributed by atoms with E-state index in [1.807, 2.05) is 0 Å². The van der Waals surface area contributed by atoms with Crippen LogP contribution in [0.2, 0.25) is 0 Å². The van der Waals surface area contributed by atoms with Crippen molar-refractivity contribution in [3.63, 3.8) is 0 Å². The fourth-order valence-electron chi connectivity index (χ4n) is 5.12. The first kappa shape index (κ1) is 30.8. The third-order valence-corrected chi connectivity index (χ3v) is 9.08. The van der Waals surface area contributed by atoms with E-state index in [4.69, 9.17) is 0 Å². The SMILES string of the molecule is CCN(c1cccc(C#N)c1)c1c(-c2ccn(C)n2)[nH]c(=O)c(S(=O)(=O)c2ccc(-c3ccccc3C(=O)N(C)C)cc2)c1O. The summed E-state index contributed by atoms with van der Waals surface area (Å²) >= 11 is 0. The molecule has 3 aromatic carbocycles. The molecule has 1 amide bonds. The number of amides is 1. The lowest BCUT2D eigenvalue weighted by molar-refractivity contribution is 0.0828. The smallest absolute Gasteiger partial charge is 0.271 e. The van der Waals surface area contributed by atoms with E-state index in [2.05, 4.69) is 16.2 Å². The Hall–Kier alpha value is -5.67. The fraction of sp³-hybridized carbons (Fsp3) is 0.152. The van der Waals surface area contributed by atoms with Gasteiger partial charge in [0, 0.05) is 45.1 Å². The molecule has 0 aliphatic heterocycles. The van der Waals surface area contributed by atoms with Crippen LogP contribution < -0.4 is 10.5 Å². The molecule has 228 valence electrons. The third-order valence-electron chi connectivity index (χ3n) is 7.27. The summed E-state index contributed by atoms with van der Waals surface area (Å²) in [5.74, 6) is -0.963. The standard InChI is InChI=1S/C33H30N6O5S/c1-5-39(23-10-8-9-21(19-23)20-34)29-28(27-17-18-38(4)36-27)35-32(41)31(30(29)40)45(43,44)24-15-13-22(14-16-24)25-11-6-7-12-26(25)33(42)37(2)3/h6-19H,5H2,1-4H3,(H2,35,40,41). The number of hydrogen-bond donors (Lipinski definition) is 2. The number of rotatable bonds is 8. The number of carbonyl (C=O) groups excluding carboxylic acids is 1. The number of nitriles is 1. The molecule has 0 fully saturated rings. The molecule has 0 radical (unpaired) electrons. The Morgan fingerprint density at radius 3 is 2.38 bits per heavy atom. The Kier molecular flexibility index (Phi) is 8.30. The molecule has 5 aromatic rings. The molecular weight excluding hydrogens is 592 g/mol. The molecule has 2 N–H and O–H groups in total.